The summed E-state index contributed by atoms with van der Waals surface area (Å²) in [4.78, 5) is 25.7. The van der Waals surface area contributed by atoms with Gasteiger partial charge in [-0.15, -0.1) is 0 Å². The number of hydrogen-bond acceptors (Lipinski definition) is 3. The van der Waals surface area contributed by atoms with Crippen molar-refractivity contribution >= 4 is 33.4 Å². The summed E-state index contributed by atoms with van der Waals surface area (Å²) >= 11 is 3.31. The summed E-state index contributed by atoms with van der Waals surface area (Å²) in [5.41, 5.74) is 1.43. The van der Waals surface area contributed by atoms with Gasteiger partial charge in [-0.05, 0) is 29.8 Å². The lowest BCUT2D eigenvalue weighted by Crippen LogP contribution is -2.40. The molecule has 0 saturated heterocycles. The standard InChI is InChI=1S/C17H17BrN2O3/c18-14-6-8-15(9-7-14)19-16(22)17(23)20(10-11-21)12-13-4-2-1-3-5-13/h1-9,21H,10-12H2,(H,19,22). The topological polar surface area (TPSA) is 69.6 Å². The van der Waals surface area contributed by atoms with E-state index in [0.29, 0.717) is 5.69 Å². The van der Waals surface area contributed by atoms with Gasteiger partial charge in [0.25, 0.3) is 0 Å². The summed E-state index contributed by atoms with van der Waals surface area (Å²) in [5.74, 6) is -1.40. The Labute approximate surface area is 143 Å². The number of amides is 2. The largest absolute Gasteiger partial charge is 0.395 e. The van der Waals surface area contributed by atoms with Crippen LogP contribution in [0, 0.1) is 0 Å². The maximum Gasteiger partial charge on any atom is 0.313 e. The molecule has 2 rings (SSSR count). The fourth-order valence-electron chi connectivity index (χ4n) is 2.04. The van der Waals surface area contributed by atoms with Crippen LogP contribution in [0.2, 0.25) is 0 Å². The molecule has 0 aliphatic heterocycles. The smallest absolute Gasteiger partial charge is 0.313 e. The fraction of sp³-hybridized carbons (Fsp3) is 0.176. The first-order chi connectivity index (χ1) is 11.1. The Bertz CT molecular complexity index is 659. The average molecular weight is 377 g/mol. The van der Waals surface area contributed by atoms with Gasteiger partial charge in [-0.2, -0.15) is 0 Å². The first-order valence-corrected chi connectivity index (χ1v) is 7.90. The molecule has 0 heterocycles. The maximum absolute atomic E-state index is 12.3. The van der Waals surface area contributed by atoms with Gasteiger partial charge in [0.15, 0.2) is 0 Å². The SMILES string of the molecule is O=C(Nc1ccc(Br)cc1)C(=O)N(CCO)Cc1ccccc1. The van der Waals surface area contributed by atoms with E-state index in [4.69, 9.17) is 5.11 Å². The minimum Gasteiger partial charge on any atom is -0.395 e. The summed E-state index contributed by atoms with van der Waals surface area (Å²) < 4.78 is 0.882. The summed E-state index contributed by atoms with van der Waals surface area (Å²) in [6.45, 7) is 0.166. The van der Waals surface area contributed by atoms with Gasteiger partial charge in [0.1, 0.15) is 0 Å². The lowest BCUT2D eigenvalue weighted by molar-refractivity contribution is -0.143. The van der Waals surface area contributed by atoms with Crippen molar-refractivity contribution in [3.63, 3.8) is 0 Å². The first-order valence-electron chi connectivity index (χ1n) is 7.11. The third kappa shape index (κ3) is 5.19. The molecule has 0 atom stereocenters. The zero-order valence-electron chi connectivity index (χ0n) is 12.4. The van der Waals surface area contributed by atoms with Crippen LogP contribution in [0.3, 0.4) is 0 Å². The summed E-state index contributed by atoms with van der Waals surface area (Å²) in [7, 11) is 0. The number of nitrogens with zero attached hydrogens (tertiary/aromatic N) is 1. The van der Waals surface area contributed by atoms with E-state index in [9.17, 15) is 9.59 Å². The van der Waals surface area contributed by atoms with Gasteiger partial charge in [-0.3, -0.25) is 9.59 Å². The van der Waals surface area contributed by atoms with Crippen molar-refractivity contribution in [2.75, 3.05) is 18.5 Å². The highest BCUT2D eigenvalue weighted by atomic mass is 79.9. The third-order valence-electron chi connectivity index (χ3n) is 3.17. The van der Waals surface area contributed by atoms with E-state index < -0.39 is 11.8 Å². The molecule has 0 spiro atoms. The van der Waals surface area contributed by atoms with Crippen LogP contribution in [0.4, 0.5) is 5.69 Å². The number of aliphatic hydroxyl groups is 1. The Morgan fingerprint density at radius 1 is 1.04 bits per heavy atom. The molecular weight excluding hydrogens is 360 g/mol. The van der Waals surface area contributed by atoms with Gasteiger partial charge >= 0.3 is 11.8 Å². The molecule has 2 amide bonds. The number of hydrogen-bond donors (Lipinski definition) is 2. The van der Waals surface area contributed by atoms with Gasteiger partial charge in [-0.1, -0.05) is 46.3 Å². The van der Waals surface area contributed by atoms with Crippen LogP contribution in [-0.4, -0.2) is 35.0 Å². The molecule has 0 saturated carbocycles. The van der Waals surface area contributed by atoms with E-state index in [1.807, 2.05) is 30.3 Å². The highest BCUT2D eigenvalue weighted by Crippen LogP contribution is 2.14. The Morgan fingerprint density at radius 2 is 1.70 bits per heavy atom. The molecule has 0 aliphatic rings. The van der Waals surface area contributed by atoms with Crippen molar-refractivity contribution in [2.24, 2.45) is 0 Å². The van der Waals surface area contributed by atoms with Crippen molar-refractivity contribution < 1.29 is 14.7 Å². The van der Waals surface area contributed by atoms with E-state index >= 15 is 0 Å². The molecule has 0 aromatic heterocycles. The zero-order chi connectivity index (χ0) is 16.7. The second-order valence-electron chi connectivity index (χ2n) is 4.90. The minimum absolute atomic E-state index is 0.0987. The summed E-state index contributed by atoms with van der Waals surface area (Å²) in [5, 5.41) is 11.7. The Kier molecular flexibility index (Phi) is 6.31. The van der Waals surface area contributed by atoms with Gasteiger partial charge in [0.05, 0.1) is 6.61 Å². The Hall–Kier alpha value is -2.18. The molecule has 2 aromatic rings. The summed E-state index contributed by atoms with van der Waals surface area (Å²) in [6.07, 6.45) is 0. The maximum atomic E-state index is 12.3. The summed E-state index contributed by atoms with van der Waals surface area (Å²) in [6, 6.07) is 16.3. The van der Waals surface area contributed by atoms with Crippen LogP contribution in [0.25, 0.3) is 0 Å². The van der Waals surface area contributed by atoms with Gasteiger partial charge < -0.3 is 15.3 Å². The Balaban J connectivity index is 2.04. The molecule has 0 bridgehead atoms. The predicted molar refractivity (Wildman–Crippen MR) is 91.7 cm³/mol. The van der Waals surface area contributed by atoms with Crippen molar-refractivity contribution in [1.82, 2.24) is 4.90 Å². The van der Waals surface area contributed by atoms with Gasteiger partial charge in [0, 0.05) is 23.2 Å². The van der Waals surface area contributed by atoms with Crippen LogP contribution < -0.4 is 5.32 Å². The molecule has 0 radical (unpaired) electrons. The highest BCUT2D eigenvalue weighted by molar-refractivity contribution is 9.10. The lowest BCUT2D eigenvalue weighted by Gasteiger charge is -2.21. The number of carbonyl (C=O) groups is 2. The molecule has 120 valence electrons. The van der Waals surface area contributed by atoms with Crippen LogP contribution >= 0.6 is 15.9 Å². The van der Waals surface area contributed by atoms with Crippen molar-refractivity contribution in [3.8, 4) is 0 Å². The van der Waals surface area contributed by atoms with Crippen molar-refractivity contribution in [2.45, 2.75) is 6.54 Å². The normalized spacial score (nSPS) is 10.2. The quantitative estimate of drug-likeness (QED) is 0.787. The number of nitrogens with one attached hydrogen (secondary N) is 1. The van der Waals surface area contributed by atoms with Gasteiger partial charge in [-0.25, -0.2) is 0 Å². The number of carbonyl (C=O) groups excluding carboxylic acids is 2. The van der Waals surface area contributed by atoms with Crippen molar-refractivity contribution in [3.05, 3.63) is 64.6 Å². The molecule has 23 heavy (non-hydrogen) atoms. The lowest BCUT2D eigenvalue weighted by atomic mass is 10.2. The fourth-order valence-corrected chi connectivity index (χ4v) is 2.30. The number of aliphatic hydroxyl groups excluding tert-OH is 1. The van der Waals surface area contributed by atoms with E-state index in [1.54, 1.807) is 24.3 Å². The van der Waals surface area contributed by atoms with Crippen LogP contribution in [0.1, 0.15) is 5.56 Å². The second kappa shape index (κ2) is 8.45. The molecule has 0 fully saturated rings. The van der Waals surface area contributed by atoms with E-state index in [2.05, 4.69) is 21.2 Å². The van der Waals surface area contributed by atoms with E-state index in [0.717, 1.165) is 10.0 Å². The number of halogens is 1. The first kappa shape index (κ1) is 17.2. The Morgan fingerprint density at radius 3 is 2.30 bits per heavy atom. The molecule has 0 unspecified atom stereocenters. The highest BCUT2D eigenvalue weighted by Gasteiger charge is 2.21. The van der Waals surface area contributed by atoms with E-state index in [1.165, 1.54) is 4.90 Å². The minimum atomic E-state index is -0.725. The monoisotopic (exact) mass is 376 g/mol. The van der Waals surface area contributed by atoms with Crippen molar-refractivity contribution in [1.29, 1.82) is 0 Å². The number of benzene rings is 2. The van der Waals surface area contributed by atoms with Gasteiger partial charge in [0.2, 0.25) is 0 Å². The molecular formula is C17H17BrN2O3. The number of anilines is 1. The molecule has 2 aromatic carbocycles. The van der Waals surface area contributed by atoms with E-state index in [-0.39, 0.29) is 19.7 Å². The molecule has 2 N–H and O–H groups in total. The van der Waals surface area contributed by atoms with Crippen LogP contribution in [-0.2, 0) is 16.1 Å². The predicted octanol–water partition coefficient (Wildman–Crippen LogP) is 2.41. The molecule has 5 nitrogen and oxygen atoms in total. The third-order valence-corrected chi connectivity index (χ3v) is 3.70. The second-order valence-corrected chi connectivity index (χ2v) is 5.81. The average Bonchev–Trinajstić information content (AvgIpc) is 2.57. The molecule has 0 aliphatic carbocycles. The van der Waals surface area contributed by atoms with Crippen LogP contribution in [0.5, 0.6) is 0 Å². The zero-order valence-corrected chi connectivity index (χ0v) is 14.0. The van der Waals surface area contributed by atoms with Crippen LogP contribution in [0.15, 0.2) is 59.1 Å². The molecule has 6 heteroatoms. The number of rotatable bonds is 5.